The number of hydrogen-bond donors (Lipinski definition) is 3. The molecule has 0 aliphatic heterocycles. The van der Waals surface area contributed by atoms with Crippen molar-refractivity contribution in [3.63, 3.8) is 0 Å². The molecule has 0 spiro atoms. The van der Waals surface area contributed by atoms with Crippen molar-refractivity contribution in [2.24, 2.45) is 23.7 Å². The Morgan fingerprint density at radius 3 is 0.747 bits per heavy atom. The van der Waals surface area contributed by atoms with Crippen molar-refractivity contribution in [3.8, 4) is 0 Å². The first kappa shape index (κ1) is 93.1. The fourth-order valence-electron chi connectivity index (χ4n) is 11.5. The minimum atomic E-state index is -4.96. The number of aliphatic hydroxyl groups is 1. The van der Waals surface area contributed by atoms with Crippen molar-refractivity contribution < 1.29 is 80.2 Å². The van der Waals surface area contributed by atoms with Crippen molar-refractivity contribution in [2.45, 2.75) is 401 Å². The highest BCUT2D eigenvalue weighted by Gasteiger charge is 2.30. The van der Waals surface area contributed by atoms with Gasteiger partial charge in [0.05, 0.1) is 26.4 Å². The molecular weight excluding hydrogens is 1250 g/mol. The van der Waals surface area contributed by atoms with Crippen molar-refractivity contribution >= 4 is 39.5 Å². The minimum absolute atomic E-state index is 0.104. The fraction of sp³-hybridized carbons (Fsp3) is 0.947. The van der Waals surface area contributed by atoms with Gasteiger partial charge in [0.2, 0.25) is 0 Å². The monoisotopic (exact) mass is 1400 g/mol. The molecule has 95 heavy (non-hydrogen) atoms. The molecule has 17 nitrogen and oxygen atoms in total. The first-order chi connectivity index (χ1) is 45.7. The molecule has 0 aromatic rings. The van der Waals surface area contributed by atoms with Gasteiger partial charge in [-0.15, -0.1) is 0 Å². The predicted octanol–water partition coefficient (Wildman–Crippen LogP) is 22.0. The van der Waals surface area contributed by atoms with Gasteiger partial charge >= 0.3 is 39.5 Å². The van der Waals surface area contributed by atoms with Crippen LogP contribution in [0.3, 0.4) is 0 Å². The Morgan fingerprint density at radius 1 is 0.295 bits per heavy atom. The van der Waals surface area contributed by atoms with E-state index < -0.39 is 97.5 Å². The predicted molar refractivity (Wildman–Crippen MR) is 386 cm³/mol. The zero-order valence-corrected chi connectivity index (χ0v) is 64.1. The van der Waals surface area contributed by atoms with Crippen LogP contribution in [0.15, 0.2) is 0 Å². The maximum atomic E-state index is 13.1. The quantitative estimate of drug-likeness (QED) is 0.0222. The van der Waals surface area contributed by atoms with Gasteiger partial charge in [-0.25, -0.2) is 9.13 Å². The van der Waals surface area contributed by atoms with Gasteiger partial charge in [0, 0.05) is 25.7 Å². The Morgan fingerprint density at radius 2 is 0.505 bits per heavy atom. The summed E-state index contributed by atoms with van der Waals surface area (Å²) in [6.45, 7) is 14.2. The molecule has 0 aliphatic carbocycles. The molecule has 0 aliphatic rings. The zero-order valence-electron chi connectivity index (χ0n) is 62.3. The van der Waals surface area contributed by atoms with E-state index in [1.54, 1.807) is 0 Å². The third kappa shape index (κ3) is 67.6. The number of hydrogen-bond acceptors (Lipinski definition) is 15. The first-order valence-corrected chi connectivity index (χ1v) is 42.3. The number of carbonyl (C=O) groups excluding carboxylic acids is 4. The average Bonchev–Trinajstić information content (AvgIpc) is 1.99. The Hall–Kier alpha value is -1.94. The van der Waals surface area contributed by atoms with Crippen LogP contribution in [0.5, 0.6) is 0 Å². The molecule has 0 fully saturated rings. The van der Waals surface area contributed by atoms with Crippen LogP contribution in [0.25, 0.3) is 0 Å². The van der Waals surface area contributed by atoms with Crippen LogP contribution in [-0.2, 0) is 65.4 Å². The molecule has 7 atom stereocenters. The Balaban J connectivity index is 5.27. The normalized spacial score (nSPS) is 14.7. The number of rotatable bonds is 73. The highest BCUT2D eigenvalue weighted by molar-refractivity contribution is 7.47. The van der Waals surface area contributed by atoms with E-state index in [9.17, 15) is 43.2 Å². The first-order valence-electron chi connectivity index (χ1n) is 39.3. The molecule has 4 unspecified atom stereocenters. The van der Waals surface area contributed by atoms with Crippen LogP contribution in [0, 0.1) is 23.7 Å². The summed E-state index contributed by atoms with van der Waals surface area (Å²) in [6, 6.07) is 0. The van der Waals surface area contributed by atoms with Gasteiger partial charge in [-0.1, -0.05) is 331 Å². The summed E-state index contributed by atoms with van der Waals surface area (Å²) in [4.78, 5) is 72.8. The maximum absolute atomic E-state index is 13.1. The molecule has 19 heteroatoms. The maximum Gasteiger partial charge on any atom is 0.472 e. The van der Waals surface area contributed by atoms with Crippen LogP contribution in [-0.4, -0.2) is 96.7 Å². The van der Waals surface area contributed by atoms with Crippen LogP contribution < -0.4 is 0 Å². The summed E-state index contributed by atoms with van der Waals surface area (Å²) in [6.07, 6.45) is 49.8. The summed E-state index contributed by atoms with van der Waals surface area (Å²) in [5, 5.41) is 10.6. The van der Waals surface area contributed by atoms with Crippen molar-refractivity contribution in [1.29, 1.82) is 0 Å². The lowest BCUT2D eigenvalue weighted by molar-refractivity contribution is -0.161. The van der Waals surface area contributed by atoms with E-state index in [2.05, 4.69) is 55.4 Å². The molecule has 3 N–H and O–H groups in total. The topological polar surface area (TPSA) is 237 Å². The second kappa shape index (κ2) is 65.4. The summed E-state index contributed by atoms with van der Waals surface area (Å²) in [7, 11) is -9.91. The molecular formula is C76H148O17P2. The number of ether oxygens (including phenoxy) is 4. The van der Waals surface area contributed by atoms with E-state index >= 15 is 0 Å². The third-order valence-electron chi connectivity index (χ3n) is 18.3. The van der Waals surface area contributed by atoms with E-state index in [0.29, 0.717) is 25.7 Å². The third-order valence-corrected chi connectivity index (χ3v) is 20.2. The molecule has 0 saturated carbocycles. The average molecular weight is 1400 g/mol. The molecule has 0 radical (unpaired) electrons. The molecule has 0 rings (SSSR count). The molecule has 0 amide bonds. The minimum Gasteiger partial charge on any atom is -0.462 e. The molecule has 0 aromatic carbocycles. The van der Waals surface area contributed by atoms with E-state index in [1.807, 2.05) is 0 Å². The summed E-state index contributed by atoms with van der Waals surface area (Å²) >= 11 is 0. The number of carbonyl (C=O) groups is 4. The lowest BCUT2D eigenvalue weighted by Crippen LogP contribution is -2.30. The highest BCUT2D eigenvalue weighted by atomic mass is 31.2. The van der Waals surface area contributed by atoms with E-state index in [1.165, 1.54) is 186 Å². The van der Waals surface area contributed by atoms with Gasteiger partial charge < -0.3 is 33.8 Å². The number of unbranched alkanes of at least 4 members (excludes halogenated alkanes) is 37. The van der Waals surface area contributed by atoms with Gasteiger partial charge in [-0.2, -0.15) is 0 Å². The van der Waals surface area contributed by atoms with Crippen LogP contribution >= 0.6 is 15.6 Å². The van der Waals surface area contributed by atoms with Crippen molar-refractivity contribution in [3.05, 3.63) is 0 Å². The van der Waals surface area contributed by atoms with Gasteiger partial charge in [0.25, 0.3) is 0 Å². The Labute approximate surface area is 581 Å². The van der Waals surface area contributed by atoms with E-state index in [-0.39, 0.29) is 25.7 Å². The number of phosphoric acid groups is 2. The van der Waals surface area contributed by atoms with Gasteiger partial charge in [-0.05, 0) is 49.4 Å². The van der Waals surface area contributed by atoms with E-state index in [0.717, 1.165) is 114 Å². The standard InChI is InChI=1S/C76H148O17P2/c1-9-68(7)54-46-38-30-22-17-18-23-32-40-48-56-73(78)86-62-71(92-75(80)58-50-42-34-24-16-14-12-11-13-15-20-28-36-44-52-66(3)4)64-90-94(82,83)88-60-70(77)61-89-95(84,85)91-65-72(93-76(81)59-51-43-35-25-19-21-29-37-45-53-67(5)6)63-87-74(79)57-49-41-33-27-26-31-39-47-55-69(8)10-2/h66-72,77H,9-65H2,1-8H3,(H,82,83)(H,84,85)/t68?,69?,70-,71-,72-/m1/s1. The molecule has 564 valence electrons. The van der Waals surface area contributed by atoms with E-state index in [4.69, 9.17) is 37.0 Å². The molecule has 0 saturated heterocycles. The van der Waals surface area contributed by atoms with Crippen molar-refractivity contribution in [2.75, 3.05) is 39.6 Å². The second-order valence-corrected chi connectivity index (χ2v) is 31.7. The van der Waals surface area contributed by atoms with Crippen molar-refractivity contribution in [1.82, 2.24) is 0 Å². The molecule has 0 aromatic heterocycles. The summed E-state index contributed by atoms with van der Waals surface area (Å²) < 4.78 is 68.6. The van der Waals surface area contributed by atoms with Crippen LogP contribution in [0.4, 0.5) is 0 Å². The van der Waals surface area contributed by atoms with Gasteiger partial charge in [-0.3, -0.25) is 37.3 Å². The number of aliphatic hydroxyl groups excluding tert-OH is 1. The summed E-state index contributed by atoms with van der Waals surface area (Å²) in [5.41, 5.74) is 0. The van der Waals surface area contributed by atoms with Crippen LogP contribution in [0.2, 0.25) is 0 Å². The van der Waals surface area contributed by atoms with Gasteiger partial charge in [0.15, 0.2) is 12.2 Å². The van der Waals surface area contributed by atoms with Crippen LogP contribution in [0.1, 0.15) is 383 Å². The zero-order chi connectivity index (χ0) is 70.3. The lowest BCUT2D eigenvalue weighted by atomic mass is 9.99. The molecule has 0 bridgehead atoms. The summed E-state index contributed by atoms with van der Waals surface area (Å²) in [5.74, 6) is 0.998. The van der Waals surface area contributed by atoms with Gasteiger partial charge in [0.1, 0.15) is 19.3 Å². The number of esters is 4. The number of phosphoric ester groups is 2. The Kier molecular flexibility index (Phi) is 64.0. The SMILES string of the molecule is CCC(C)CCCCCCCCCCCCC(=O)OC[C@H](COP(=O)(O)OC[C@@H](O)COP(=O)(O)OC[C@@H](COC(=O)CCCCCCCCCCC(C)CC)OC(=O)CCCCCCCCCCCC(C)C)OC(=O)CCCCCCCCCCCCCCCCC(C)C. The highest BCUT2D eigenvalue weighted by Crippen LogP contribution is 2.45. The smallest absolute Gasteiger partial charge is 0.462 e. The second-order valence-electron chi connectivity index (χ2n) is 28.8. The molecule has 0 heterocycles. The largest absolute Gasteiger partial charge is 0.472 e. The lowest BCUT2D eigenvalue weighted by Gasteiger charge is -2.21. The fourth-order valence-corrected chi connectivity index (χ4v) is 13.1. The Bertz CT molecular complexity index is 1870.